The second kappa shape index (κ2) is 11.4. The van der Waals surface area contributed by atoms with Crippen molar-refractivity contribution in [1.29, 1.82) is 0 Å². The molecule has 0 aromatic heterocycles. The zero-order valence-electron chi connectivity index (χ0n) is 21.5. The number of hydrogen-bond donors (Lipinski definition) is 1. The Balaban J connectivity index is 1.21. The zero-order valence-corrected chi connectivity index (χ0v) is 23.0. The van der Waals surface area contributed by atoms with Gasteiger partial charge in [-0.05, 0) is 55.4 Å². The van der Waals surface area contributed by atoms with Crippen molar-refractivity contribution in [3.63, 3.8) is 0 Å². The Morgan fingerprint density at radius 2 is 1.79 bits per heavy atom. The van der Waals surface area contributed by atoms with E-state index in [-0.39, 0.29) is 24.3 Å². The third-order valence-electron chi connectivity index (χ3n) is 7.82. The Morgan fingerprint density at radius 3 is 2.47 bits per heavy atom. The number of carbonyl (C=O) groups excluding carboxylic acids is 3. The molecule has 1 unspecified atom stereocenters. The lowest BCUT2D eigenvalue weighted by Crippen LogP contribution is -2.47. The van der Waals surface area contributed by atoms with Crippen LogP contribution in [0.1, 0.15) is 43.4 Å². The number of hydrogen-bond acceptors (Lipinski definition) is 3. The van der Waals surface area contributed by atoms with E-state index < -0.39 is 6.04 Å². The molecule has 1 atom stereocenters. The Labute approximate surface area is 233 Å². The first-order chi connectivity index (χ1) is 18.4. The first kappa shape index (κ1) is 26.6. The predicted molar refractivity (Wildman–Crippen MR) is 148 cm³/mol. The van der Waals surface area contributed by atoms with Gasteiger partial charge in [0.15, 0.2) is 0 Å². The van der Waals surface area contributed by atoms with Crippen LogP contribution in [0.25, 0.3) is 0 Å². The van der Waals surface area contributed by atoms with Crippen LogP contribution < -0.4 is 5.32 Å². The number of nitrogens with one attached hydrogen (secondary N) is 1. The van der Waals surface area contributed by atoms with E-state index in [0.717, 1.165) is 32.4 Å². The summed E-state index contributed by atoms with van der Waals surface area (Å²) in [4.78, 5) is 44.7. The van der Waals surface area contributed by atoms with Gasteiger partial charge in [0.1, 0.15) is 0 Å². The van der Waals surface area contributed by atoms with Gasteiger partial charge in [-0.15, -0.1) is 0 Å². The van der Waals surface area contributed by atoms with Gasteiger partial charge in [-0.25, -0.2) is 4.79 Å². The molecule has 3 heterocycles. The van der Waals surface area contributed by atoms with Crippen LogP contribution in [0.15, 0.2) is 59.8 Å². The number of amides is 4. The summed E-state index contributed by atoms with van der Waals surface area (Å²) < 4.78 is 0. The summed E-state index contributed by atoms with van der Waals surface area (Å²) >= 11 is 12.5. The van der Waals surface area contributed by atoms with Gasteiger partial charge in [-0.1, -0.05) is 59.6 Å². The Kier molecular flexibility index (Phi) is 7.96. The van der Waals surface area contributed by atoms with E-state index in [4.69, 9.17) is 23.2 Å². The highest BCUT2D eigenvalue weighted by Crippen LogP contribution is 2.39. The van der Waals surface area contributed by atoms with E-state index in [1.807, 2.05) is 17.9 Å². The fraction of sp³-hybridized carbons (Fsp3) is 0.414. The zero-order chi connectivity index (χ0) is 26.8. The molecule has 0 radical (unpaired) electrons. The lowest BCUT2D eigenvalue weighted by atomic mass is 9.90. The van der Waals surface area contributed by atoms with Crippen molar-refractivity contribution in [3.05, 3.63) is 81.0 Å². The monoisotopic (exact) mass is 554 g/mol. The molecule has 9 heteroatoms. The number of rotatable bonds is 7. The summed E-state index contributed by atoms with van der Waals surface area (Å²) in [5.74, 6) is 0.475. The molecule has 200 valence electrons. The molecule has 2 aromatic carbocycles. The molecule has 7 nitrogen and oxygen atoms in total. The smallest absolute Gasteiger partial charge is 0.322 e. The van der Waals surface area contributed by atoms with Gasteiger partial charge in [0.25, 0.3) is 5.91 Å². The summed E-state index contributed by atoms with van der Waals surface area (Å²) in [6.07, 6.45) is 3.28. The van der Waals surface area contributed by atoms with Gasteiger partial charge in [0.05, 0.1) is 23.9 Å². The first-order valence-corrected chi connectivity index (χ1v) is 14.0. The minimum Gasteiger partial charge on any atom is -0.343 e. The highest BCUT2D eigenvalue weighted by Gasteiger charge is 2.44. The summed E-state index contributed by atoms with van der Waals surface area (Å²) in [5.41, 5.74) is 3.14. The van der Waals surface area contributed by atoms with Crippen molar-refractivity contribution in [2.45, 2.75) is 38.6 Å². The molecule has 0 bridgehead atoms. The number of nitrogens with zero attached hydrogens (tertiary/aromatic N) is 3. The Morgan fingerprint density at radius 1 is 1.05 bits per heavy atom. The average Bonchev–Trinajstić information content (AvgIpc) is 3.24. The number of likely N-dealkylation sites (tertiary alicyclic amines) is 1. The van der Waals surface area contributed by atoms with Crippen molar-refractivity contribution < 1.29 is 14.4 Å². The minimum absolute atomic E-state index is 0.0691. The molecule has 1 fully saturated rings. The van der Waals surface area contributed by atoms with Crippen molar-refractivity contribution in [2.24, 2.45) is 5.92 Å². The molecule has 3 aliphatic rings. The lowest BCUT2D eigenvalue weighted by Gasteiger charge is -2.33. The summed E-state index contributed by atoms with van der Waals surface area (Å²) in [5, 5.41) is 3.80. The minimum atomic E-state index is -0.665. The number of benzene rings is 2. The maximum absolute atomic E-state index is 13.6. The number of carbonyl (C=O) groups is 3. The summed E-state index contributed by atoms with van der Waals surface area (Å²) in [7, 11) is 0. The second-order valence-electron chi connectivity index (χ2n) is 10.1. The maximum atomic E-state index is 13.6. The van der Waals surface area contributed by atoms with Gasteiger partial charge in [-0.3, -0.25) is 14.5 Å². The van der Waals surface area contributed by atoms with Crippen molar-refractivity contribution in [1.82, 2.24) is 20.0 Å². The normalized spacial score (nSPS) is 20.2. The molecule has 38 heavy (non-hydrogen) atoms. The van der Waals surface area contributed by atoms with Crippen molar-refractivity contribution in [3.8, 4) is 0 Å². The fourth-order valence-electron chi connectivity index (χ4n) is 5.76. The molecule has 5 rings (SSSR count). The molecule has 2 aromatic rings. The topological polar surface area (TPSA) is 73.0 Å². The van der Waals surface area contributed by atoms with Crippen LogP contribution in [0, 0.1) is 5.92 Å². The van der Waals surface area contributed by atoms with Gasteiger partial charge < -0.3 is 15.1 Å². The van der Waals surface area contributed by atoms with E-state index in [2.05, 4.69) is 29.6 Å². The number of halogens is 2. The second-order valence-corrected chi connectivity index (χ2v) is 11.0. The van der Waals surface area contributed by atoms with Crippen molar-refractivity contribution >= 4 is 41.0 Å². The maximum Gasteiger partial charge on any atom is 0.322 e. The van der Waals surface area contributed by atoms with Gasteiger partial charge in [0.2, 0.25) is 5.91 Å². The molecule has 3 aliphatic heterocycles. The van der Waals surface area contributed by atoms with Gasteiger partial charge in [-0.2, -0.15) is 0 Å². The number of urea groups is 1. The van der Waals surface area contributed by atoms with Crippen LogP contribution in [0.4, 0.5) is 4.79 Å². The van der Waals surface area contributed by atoms with Crippen molar-refractivity contribution in [2.75, 3.05) is 32.7 Å². The lowest BCUT2D eigenvalue weighted by molar-refractivity contribution is -0.133. The van der Waals surface area contributed by atoms with Crippen LogP contribution in [-0.4, -0.2) is 65.3 Å². The SMILES string of the molecule is CCN1C(=O)NC(c2ccc(Cl)cc2Cl)C2=C1CN(CCC(=O)N1CCC(Cc3ccccc3)CC1)C2=O. The van der Waals surface area contributed by atoms with E-state index in [1.165, 1.54) is 5.56 Å². The molecule has 0 saturated carbocycles. The number of piperidine rings is 1. The average molecular weight is 556 g/mol. The third kappa shape index (κ3) is 5.40. The van der Waals surface area contributed by atoms with Crippen LogP contribution in [-0.2, 0) is 16.0 Å². The molecular formula is C29H32Cl2N4O3. The van der Waals surface area contributed by atoms with Crippen LogP contribution >= 0.6 is 23.2 Å². The molecule has 1 saturated heterocycles. The summed E-state index contributed by atoms with van der Waals surface area (Å²) in [6.45, 7) is 4.41. The third-order valence-corrected chi connectivity index (χ3v) is 8.38. The van der Waals surface area contributed by atoms with E-state index >= 15 is 0 Å². The Hall–Kier alpha value is -3.03. The molecule has 4 amide bonds. The van der Waals surface area contributed by atoms with Crippen LogP contribution in [0.2, 0.25) is 10.0 Å². The van der Waals surface area contributed by atoms with E-state index in [0.29, 0.717) is 52.4 Å². The predicted octanol–water partition coefficient (Wildman–Crippen LogP) is 5.05. The van der Waals surface area contributed by atoms with E-state index in [1.54, 1.807) is 28.0 Å². The molecule has 0 spiro atoms. The van der Waals surface area contributed by atoms with Crippen LogP contribution in [0.3, 0.4) is 0 Å². The molecule has 0 aliphatic carbocycles. The Bertz CT molecular complexity index is 1260. The standard InChI is InChI=1S/C29H32Cl2N4O3/c1-2-35-24-18-34(28(37)26(24)27(32-29(35)38)22-9-8-21(30)17-23(22)31)15-12-25(36)33-13-10-20(11-14-33)16-19-6-4-3-5-7-19/h3-9,17,20,27H,2,10-16,18H2,1H3,(H,32,38). The highest BCUT2D eigenvalue weighted by atomic mass is 35.5. The van der Waals surface area contributed by atoms with Gasteiger partial charge in [0, 0.05) is 42.6 Å². The number of likely N-dealkylation sites (N-methyl/N-ethyl adjacent to an activating group) is 1. The van der Waals surface area contributed by atoms with Gasteiger partial charge >= 0.3 is 6.03 Å². The van der Waals surface area contributed by atoms with Crippen LogP contribution in [0.5, 0.6) is 0 Å². The summed E-state index contributed by atoms with van der Waals surface area (Å²) in [6, 6.07) is 14.6. The fourth-order valence-corrected chi connectivity index (χ4v) is 6.27. The largest absolute Gasteiger partial charge is 0.343 e. The first-order valence-electron chi connectivity index (χ1n) is 13.2. The molecular weight excluding hydrogens is 523 g/mol. The molecule has 1 N–H and O–H groups in total. The quantitative estimate of drug-likeness (QED) is 0.520. The van der Waals surface area contributed by atoms with E-state index in [9.17, 15) is 14.4 Å². The highest BCUT2D eigenvalue weighted by molar-refractivity contribution is 6.35.